The van der Waals surface area contributed by atoms with Crippen LogP contribution in [0, 0.1) is 5.92 Å². The predicted molar refractivity (Wildman–Crippen MR) is 74.3 cm³/mol. The fourth-order valence-corrected chi connectivity index (χ4v) is 3.76. The van der Waals surface area contributed by atoms with Crippen LogP contribution in [0.25, 0.3) is 0 Å². The van der Waals surface area contributed by atoms with Gasteiger partial charge in [-0.2, -0.15) is 0 Å². The molecule has 1 aliphatic carbocycles. The van der Waals surface area contributed by atoms with Gasteiger partial charge in [0.1, 0.15) is 30.0 Å². The highest BCUT2D eigenvalue weighted by atomic mass is 16.8. The number of hydrogen-bond acceptors (Lipinski definition) is 10. The van der Waals surface area contributed by atoms with Crippen LogP contribution in [-0.2, 0) is 14.2 Å². The zero-order valence-electron chi connectivity index (χ0n) is 12.9. The van der Waals surface area contributed by atoms with Crippen molar-refractivity contribution in [2.24, 2.45) is 5.92 Å². The number of aliphatic hydroxyl groups excluding tert-OH is 6. The van der Waals surface area contributed by atoms with E-state index >= 15 is 0 Å². The molecule has 2 aliphatic heterocycles. The van der Waals surface area contributed by atoms with Gasteiger partial charge in [-0.3, -0.25) is 0 Å². The van der Waals surface area contributed by atoms with Gasteiger partial charge < -0.3 is 50.0 Å². The molecule has 0 aromatic carbocycles. The van der Waals surface area contributed by atoms with Crippen molar-refractivity contribution in [3.05, 3.63) is 0 Å². The molecule has 2 saturated heterocycles. The summed E-state index contributed by atoms with van der Waals surface area (Å²) in [6, 6.07) is 0. The fraction of sp³-hybridized carbons (Fsp3) is 1.00. The quantitative estimate of drug-likeness (QED) is 0.266. The Hall–Kier alpha value is -0.400. The van der Waals surface area contributed by atoms with Crippen LogP contribution < -0.4 is 0 Å². The van der Waals surface area contributed by atoms with Crippen LogP contribution in [0.5, 0.6) is 0 Å². The monoisotopic (exact) mass is 352 g/mol. The van der Waals surface area contributed by atoms with Gasteiger partial charge >= 0.3 is 0 Å². The number of hydrogen-bond donors (Lipinski definition) is 7. The fourth-order valence-electron chi connectivity index (χ4n) is 3.76. The molecule has 1 saturated carbocycles. The molecule has 0 bridgehead atoms. The zero-order chi connectivity index (χ0) is 17.6. The van der Waals surface area contributed by atoms with Gasteiger partial charge in [-0.15, -0.1) is 0 Å². The molecule has 140 valence electrons. The van der Waals surface area contributed by atoms with Crippen LogP contribution in [0.4, 0.5) is 0 Å². The molecule has 10 atom stereocenters. The van der Waals surface area contributed by atoms with E-state index < -0.39 is 67.3 Å². The van der Waals surface area contributed by atoms with Crippen LogP contribution in [0.2, 0.25) is 0 Å². The van der Waals surface area contributed by atoms with Gasteiger partial charge in [0.15, 0.2) is 12.6 Å². The summed E-state index contributed by atoms with van der Waals surface area (Å²) in [5.74, 6) is -0.964. The highest BCUT2D eigenvalue weighted by Crippen LogP contribution is 2.45. The van der Waals surface area contributed by atoms with Crippen molar-refractivity contribution in [2.75, 3.05) is 13.2 Å². The normalized spacial score (nSPS) is 55.4. The van der Waals surface area contributed by atoms with E-state index in [4.69, 9.17) is 14.2 Å². The van der Waals surface area contributed by atoms with Crippen molar-refractivity contribution in [1.29, 1.82) is 0 Å². The molecule has 7 N–H and O–H groups in total. The molecule has 0 aromatic heterocycles. The summed E-state index contributed by atoms with van der Waals surface area (Å²) < 4.78 is 16.1. The Labute approximate surface area is 137 Å². The highest BCUT2D eigenvalue weighted by Gasteiger charge is 2.60. The molecule has 3 aliphatic rings. The predicted octanol–water partition coefficient (Wildman–Crippen LogP) is -3.98. The summed E-state index contributed by atoms with van der Waals surface area (Å²) in [5.41, 5.74) is -1.59. The lowest BCUT2D eigenvalue weighted by Gasteiger charge is -2.45. The molecule has 0 aromatic rings. The first-order valence-electron chi connectivity index (χ1n) is 7.95. The summed E-state index contributed by atoms with van der Waals surface area (Å²) in [4.78, 5) is 0. The minimum atomic E-state index is -1.62. The third kappa shape index (κ3) is 2.86. The first-order chi connectivity index (χ1) is 11.3. The summed E-state index contributed by atoms with van der Waals surface area (Å²) in [7, 11) is 0. The maximum atomic E-state index is 10.6. The van der Waals surface area contributed by atoms with E-state index in [1.807, 2.05) is 0 Å². The van der Waals surface area contributed by atoms with Gasteiger partial charge in [-0.1, -0.05) is 0 Å². The minimum Gasteiger partial charge on any atom is -0.394 e. The maximum Gasteiger partial charge on any atom is 0.189 e. The topological polar surface area (TPSA) is 169 Å². The van der Waals surface area contributed by atoms with Crippen molar-refractivity contribution in [3.63, 3.8) is 0 Å². The smallest absolute Gasteiger partial charge is 0.189 e. The second kappa shape index (κ2) is 6.72. The molecule has 10 unspecified atom stereocenters. The first kappa shape index (κ1) is 18.4. The van der Waals surface area contributed by atoms with E-state index in [9.17, 15) is 35.7 Å². The van der Waals surface area contributed by atoms with Crippen molar-refractivity contribution < 1.29 is 50.0 Å². The Balaban J connectivity index is 1.75. The molecule has 10 heteroatoms. The number of fused-ring (bicyclic) bond motifs is 1. The highest BCUT2D eigenvalue weighted by molar-refractivity contribution is 5.06. The molecule has 2 heterocycles. The number of ether oxygens (including phenoxy) is 3. The Kier molecular flexibility index (Phi) is 5.15. The lowest BCUT2D eigenvalue weighted by Crippen LogP contribution is -2.62. The van der Waals surface area contributed by atoms with Crippen LogP contribution >= 0.6 is 0 Å². The first-order valence-corrected chi connectivity index (χ1v) is 7.95. The van der Waals surface area contributed by atoms with Gasteiger partial charge in [0.05, 0.1) is 31.3 Å². The molecule has 10 nitrogen and oxygen atoms in total. The molecule has 0 amide bonds. The number of rotatable bonds is 3. The average molecular weight is 352 g/mol. The lowest BCUT2D eigenvalue weighted by molar-refractivity contribution is -0.363. The second-order valence-electron chi connectivity index (χ2n) is 6.66. The van der Waals surface area contributed by atoms with Gasteiger partial charge in [0, 0.05) is 12.8 Å². The maximum absolute atomic E-state index is 10.6. The lowest BCUT2D eigenvalue weighted by atomic mass is 9.83. The van der Waals surface area contributed by atoms with Crippen LogP contribution in [0.3, 0.4) is 0 Å². The molecular formula is C14H24O10. The minimum absolute atomic E-state index is 0.0426. The molecule has 3 fully saturated rings. The standard InChI is InChI=1S/C14H24O10/c15-4-6-9(18)10(19)11(20)13(23-6)24-12-8-5(16)3-7(17)14(8,21)1-2-22-12/h5-13,15-21H,1-4H2. The Morgan fingerprint density at radius 2 is 1.71 bits per heavy atom. The summed E-state index contributed by atoms with van der Waals surface area (Å²) in [6.45, 7) is -0.552. The van der Waals surface area contributed by atoms with Crippen molar-refractivity contribution in [2.45, 2.75) is 67.6 Å². The van der Waals surface area contributed by atoms with Gasteiger partial charge in [0.25, 0.3) is 0 Å². The van der Waals surface area contributed by atoms with Gasteiger partial charge in [-0.05, 0) is 0 Å². The molecule has 3 rings (SSSR count). The number of aliphatic hydroxyl groups is 7. The van der Waals surface area contributed by atoms with E-state index in [1.165, 1.54) is 0 Å². The average Bonchev–Trinajstić information content (AvgIpc) is 2.78. The van der Waals surface area contributed by atoms with Gasteiger partial charge in [0.2, 0.25) is 0 Å². The Bertz CT molecular complexity index is 447. The van der Waals surface area contributed by atoms with E-state index in [0.29, 0.717) is 0 Å². The molecule has 24 heavy (non-hydrogen) atoms. The third-order valence-electron chi connectivity index (χ3n) is 5.23. The summed E-state index contributed by atoms with van der Waals surface area (Å²) in [6.07, 6.45) is -10.7. The van der Waals surface area contributed by atoms with Crippen molar-refractivity contribution >= 4 is 0 Å². The largest absolute Gasteiger partial charge is 0.394 e. The van der Waals surface area contributed by atoms with Crippen LogP contribution in [0.15, 0.2) is 0 Å². The summed E-state index contributed by atoms with van der Waals surface area (Å²) in [5, 5.41) is 69.4. The van der Waals surface area contributed by atoms with E-state index in [2.05, 4.69) is 0 Å². The van der Waals surface area contributed by atoms with E-state index in [-0.39, 0.29) is 19.4 Å². The van der Waals surface area contributed by atoms with Crippen LogP contribution in [-0.4, -0.2) is 104 Å². The second-order valence-corrected chi connectivity index (χ2v) is 6.66. The molecule has 0 radical (unpaired) electrons. The Morgan fingerprint density at radius 3 is 2.38 bits per heavy atom. The van der Waals surface area contributed by atoms with Crippen LogP contribution in [0.1, 0.15) is 12.8 Å². The SMILES string of the molecule is OCC1OC(OC2OCCC3(O)C(O)CC(O)C23)C(O)C(O)C1O. The summed E-state index contributed by atoms with van der Waals surface area (Å²) >= 11 is 0. The molecule has 0 spiro atoms. The van der Waals surface area contributed by atoms with E-state index in [0.717, 1.165) is 0 Å². The van der Waals surface area contributed by atoms with Crippen molar-refractivity contribution in [1.82, 2.24) is 0 Å². The zero-order valence-corrected chi connectivity index (χ0v) is 12.9. The molecular weight excluding hydrogens is 328 g/mol. The van der Waals surface area contributed by atoms with Gasteiger partial charge in [-0.25, -0.2) is 0 Å². The van der Waals surface area contributed by atoms with E-state index in [1.54, 1.807) is 0 Å². The third-order valence-corrected chi connectivity index (χ3v) is 5.23. The van der Waals surface area contributed by atoms with Crippen molar-refractivity contribution in [3.8, 4) is 0 Å². The Morgan fingerprint density at radius 1 is 1.00 bits per heavy atom.